The van der Waals surface area contributed by atoms with E-state index in [0.29, 0.717) is 17.7 Å². The molecule has 0 bridgehead atoms. The molecule has 0 aliphatic rings. The zero-order valence-electron chi connectivity index (χ0n) is 19.6. The highest BCUT2D eigenvalue weighted by Crippen LogP contribution is 2.13. The standard InChI is InChI=1S/C22H33N3O7S/c1-22(2,3)32-21(30)25-17(12-14-6-8-15(26)9-7-14)20(29)24-16(10-11-33-5)19(28)23-13-18(27)31-4/h6-9,16-17,26H,10-13H2,1-5H3,(H,23,28)(H,24,29)(H,25,30)/t16-,17+/m1/s1. The van der Waals surface area contributed by atoms with E-state index in [1.165, 1.54) is 31.0 Å². The number of carbonyl (C=O) groups is 4. The summed E-state index contributed by atoms with van der Waals surface area (Å²) in [5, 5.41) is 17.1. The number of ether oxygens (including phenoxy) is 2. The van der Waals surface area contributed by atoms with E-state index in [4.69, 9.17) is 4.74 Å². The molecule has 11 heteroatoms. The first-order valence-corrected chi connectivity index (χ1v) is 11.8. The molecular formula is C22H33N3O7S. The molecule has 1 aromatic carbocycles. The van der Waals surface area contributed by atoms with Gasteiger partial charge in [-0.05, 0) is 56.9 Å². The predicted octanol–water partition coefficient (Wildman–Crippen LogP) is 1.36. The number of rotatable bonds is 11. The molecule has 0 saturated heterocycles. The van der Waals surface area contributed by atoms with Crippen LogP contribution >= 0.6 is 11.8 Å². The van der Waals surface area contributed by atoms with Gasteiger partial charge in [0.25, 0.3) is 0 Å². The Balaban J connectivity index is 2.99. The zero-order chi connectivity index (χ0) is 25.0. The van der Waals surface area contributed by atoms with E-state index in [1.807, 2.05) is 6.26 Å². The summed E-state index contributed by atoms with van der Waals surface area (Å²) in [5.74, 6) is -1.09. The van der Waals surface area contributed by atoms with E-state index in [2.05, 4.69) is 20.7 Å². The molecular weight excluding hydrogens is 450 g/mol. The molecule has 0 heterocycles. The number of esters is 1. The smallest absolute Gasteiger partial charge is 0.408 e. The number of nitrogens with one attached hydrogen (secondary N) is 3. The second-order valence-corrected chi connectivity index (χ2v) is 9.19. The van der Waals surface area contributed by atoms with Crippen molar-refractivity contribution >= 4 is 35.6 Å². The van der Waals surface area contributed by atoms with Crippen molar-refractivity contribution in [3.8, 4) is 5.75 Å². The molecule has 2 atom stereocenters. The Morgan fingerprint density at radius 3 is 2.21 bits per heavy atom. The molecule has 0 aromatic heterocycles. The second-order valence-electron chi connectivity index (χ2n) is 8.21. The highest BCUT2D eigenvalue weighted by atomic mass is 32.2. The number of hydrogen-bond donors (Lipinski definition) is 4. The lowest BCUT2D eigenvalue weighted by molar-refractivity contribution is -0.141. The first kappa shape index (κ1) is 28.1. The fourth-order valence-corrected chi connectivity index (χ4v) is 3.13. The molecule has 0 spiro atoms. The number of thioether (sulfide) groups is 1. The van der Waals surface area contributed by atoms with Gasteiger partial charge in [0.05, 0.1) is 7.11 Å². The lowest BCUT2D eigenvalue weighted by Gasteiger charge is -2.25. The van der Waals surface area contributed by atoms with Crippen LogP contribution in [-0.4, -0.2) is 72.3 Å². The Morgan fingerprint density at radius 1 is 1.03 bits per heavy atom. The number of carbonyl (C=O) groups excluding carboxylic acids is 4. The van der Waals surface area contributed by atoms with Crippen molar-refractivity contribution in [2.24, 2.45) is 0 Å². The van der Waals surface area contributed by atoms with E-state index in [-0.39, 0.29) is 18.7 Å². The Kier molecular flexibility index (Phi) is 11.5. The second kappa shape index (κ2) is 13.6. The summed E-state index contributed by atoms with van der Waals surface area (Å²) in [5.41, 5.74) is -0.0852. The van der Waals surface area contributed by atoms with E-state index < -0.39 is 41.6 Å². The minimum Gasteiger partial charge on any atom is -0.508 e. The van der Waals surface area contributed by atoms with Crippen molar-refractivity contribution in [3.05, 3.63) is 29.8 Å². The van der Waals surface area contributed by atoms with Crippen molar-refractivity contribution in [1.29, 1.82) is 0 Å². The van der Waals surface area contributed by atoms with Crippen LogP contribution in [0.5, 0.6) is 5.75 Å². The molecule has 1 rings (SSSR count). The fraction of sp³-hybridized carbons (Fsp3) is 0.545. The first-order chi connectivity index (χ1) is 15.4. The van der Waals surface area contributed by atoms with E-state index >= 15 is 0 Å². The van der Waals surface area contributed by atoms with Crippen molar-refractivity contribution in [1.82, 2.24) is 16.0 Å². The number of benzene rings is 1. The molecule has 1 aromatic rings. The Hall–Kier alpha value is -2.95. The van der Waals surface area contributed by atoms with E-state index in [9.17, 15) is 24.3 Å². The monoisotopic (exact) mass is 483 g/mol. The van der Waals surface area contributed by atoms with Gasteiger partial charge in [-0.2, -0.15) is 11.8 Å². The SMILES string of the molecule is COC(=O)CNC(=O)[C@@H](CCSC)NC(=O)[C@H](Cc1ccc(O)cc1)NC(=O)OC(C)(C)C. The molecule has 0 aliphatic carbocycles. The topological polar surface area (TPSA) is 143 Å². The van der Waals surface area contributed by atoms with Crippen LogP contribution in [-0.2, 0) is 30.3 Å². The highest BCUT2D eigenvalue weighted by molar-refractivity contribution is 7.98. The molecule has 3 amide bonds. The molecule has 10 nitrogen and oxygen atoms in total. The summed E-state index contributed by atoms with van der Waals surface area (Å²) in [4.78, 5) is 49.3. The molecule has 0 saturated carbocycles. The Bertz CT molecular complexity index is 809. The van der Waals surface area contributed by atoms with Gasteiger partial charge >= 0.3 is 12.1 Å². The lowest BCUT2D eigenvalue weighted by Crippen LogP contribution is -2.55. The molecule has 33 heavy (non-hydrogen) atoms. The van der Waals surface area contributed by atoms with Gasteiger partial charge < -0.3 is 30.5 Å². The summed E-state index contributed by atoms with van der Waals surface area (Å²) in [6.07, 6.45) is 1.50. The zero-order valence-corrected chi connectivity index (χ0v) is 20.4. The van der Waals surface area contributed by atoms with Crippen molar-refractivity contribution in [2.45, 2.75) is 51.3 Å². The lowest BCUT2D eigenvalue weighted by atomic mass is 10.0. The third-order valence-corrected chi connectivity index (χ3v) is 4.91. The average Bonchev–Trinajstić information content (AvgIpc) is 2.74. The summed E-state index contributed by atoms with van der Waals surface area (Å²) in [6, 6.07) is 4.23. The summed E-state index contributed by atoms with van der Waals surface area (Å²) >= 11 is 1.50. The van der Waals surface area contributed by atoms with E-state index in [0.717, 1.165) is 0 Å². The molecule has 4 N–H and O–H groups in total. The molecule has 184 valence electrons. The summed E-state index contributed by atoms with van der Waals surface area (Å²) in [6.45, 7) is 4.78. The van der Waals surface area contributed by atoms with Gasteiger partial charge in [-0.3, -0.25) is 14.4 Å². The van der Waals surface area contributed by atoms with Crippen molar-refractivity contribution < 1.29 is 33.8 Å². The number of methoxy groups -OCH3 is 1. The van der Waals surface area contributed by atoms with Crippen molar-refractivity contribution in [3.63, 3.8) is 0 Å². The van der Waals surface area contributed by atoms with Gasteiger partial charge in [-0.25, -0.2) is 4.79 Å². The number of hydrogen-bond acceptors (Lipinski definition) is 8. The normalized spacial score (nSPS) is 12.8. The minimum atomic E-state index is -1.05. The first-order valence-electron chi connectivity index (χ1n) is 10.4. The van der Waals surface area contributed by atoms with Crippen LogP contribution in [0.25, 0.3) is 0 Å². The maximum Gasteiger partial charge on any atom is 0.408 e. The third-order valence-electron chi connectivity index (χ3n) is 4.26. The number of alkyl carbamates (subject to hydrolysis) is 1. The van der Waals surface area contributed by atoms with Gasteiger partial charge in [0, 0.05) is 6.42 Å². The number of phenolic OH excluding ortho intramolecular Hbond substituents is 1. The number of aromatic hydroxyl groups is 1. The Morgan fingerprint density at radius 2 is 1.67 bits per heavy atom. The Labute approximate surface area is 198 Å². The van der Waals surface area contributed by atoms with Crippen molar-refractivity contribution in [2.75, 3.05) is 25.7 Å². The minimum absolute atomic E-state index is 0.0688. The molecule has 0 aliphatic heterocycles. The van der Waals surface area contributed by atoms with Crippen LogP contribution in [0.15, 0.2) is 24.3 Å². The van der Waals surface area contributed by atoms with Gasteiger partial charge in [0.15, 0.2) is 0 Å². The molecule has 0 unspecified atom stereocenters. The molecule has 0 fully saturated rings. The van der Waals surface area contributed by atoms with E-state index in [1.54, 1.807) is 32.9 Å². The van der Waals surface area contributed by atoms with Crippen LogP contribution in [0.3, 0.4) is 0 Å². The number of phenols is 1. The van der Waals surface area contributed by atoms with Gasteiger partial charge in [0.2, 0.25) is 11.8 Å². The maximum atomic E-state index is 13.1. The maximum absolute atomic E-state index is 13.1. The van der Waals surface area contributed by atoms with Crippen LogP contribution < -0.4 is 16.0 Å². The van der Waals surface area contributed by atoms with Crippen LogP contribution in [0.2, 0.25) is 0 Å². The third kappa shape index (κ3) is 11.5. The average molecular weight is 484 g/mol. The van der Waals surface area contributed by atoms with Gasteiger partial charge in [0.1, 0.15) is 30.0 Å². The van der Waals surface area contributed by atoms with Gasteiger partial charge in [-0.15, -0.1) is 0 Å². The highest BCUT2D eigenvalue weighted by Gasteiger charge is 2.28. The molecule has 0 radical (unpaired) electrons. The van der Waals surface area contributed by atoms with Crippen LogP contribution in [0, 0.1) is 0 Å². The van der Waals surface area contributed by atoms with Crippen LogP contribution in [0.4, 0.5) is 4.79 Å². The quantitative estimate of drug-likeness (QED) is 0.346. The largest absolute Gasteiger partial charge is 0.508 e. The van der Waals surface area contributed by atoms with Crippen LogP contribution in [0.1, 0.15) is 32.8 Å². The number of amides is 3. The fourth-order valence-electron chi connectivity index (χ4n) is 2.66. The van der Waals surface area contributed by atoms with Gasteiger partial charge in [-0.1, -0.05) is 12.1 Å². The summed E-state index contributed by atoms with van der Waals surface area (Å²) in [7, 11) is 1.21. The predicted molar refractivity (Wildman–Crippen MR) is 125 cm³/mol. The summed E-state index contributed by atoms with van der Waals surface area (Å²) < 4.78 is 9.78.